The van der Waals surface area contributed by atoms with Gasteiger partial charge in [-0.05, 0) is 82.5 Å². The summed E-state index contributed by atoms with van der Waals surface area (Å²) < 4.78 is 7.57. The van der Waals surface area contributed by atoms with Crippen LogP contribution in [0, 0.1) is 5.92 Å². The molecule has 36 heavy (non-hydrogen) atoms. The van der Waals surface area contributed by atoms with Crippen molar-refractivity contribution in [2.24, 2.45) is 13.0 Å². The second-order valence-corrected chi connectivity index (χ2v) is 10.8. The highest BCUT2D eigenvalue weighted by molar-refractivity contribution is 6.06. The molecule has 0 radical (unpaired) electrons. The van der Waals surface area contributed by atoms with Crippen LogP contribution in [0.2, 0.25) is 0 Å². The Balaban J connectivity index is 1.07. The third kappa shape index (κ3) is 5.89. The van der Waals surface area contributed by atoms with Gasteiger partial charge >= 0.3 is 0 Å². The van der Waals surface area contributed by atoms with Crippen LogP contribution in [0.3, 0.4) is 0 Å². The fourth-order valence-electron chi connectivity index (χ4n) is 5.72. The first-order valence-corrected chi connectivity index (χ1v) is 13.6. The van der Waals surface area contributed by atoms with Crippen molar-refractivity contribution in [2.45, 2.75) is 70.9 Å². The molecule has 1 aliphatic heterocycles. The number of nitrogens with one attached hydrogen (secondary N) is 1. The zero-order chi connectivity index (χ0) is 25.1. The number of pyridine rings is 1. The molecule has 5 rings (SSSR count). The van der Waals surface area contributed by atoms with Crippen molar-refractivity contribution in [1.82, 2.24) is 25.0 Å². The molecule has 3 aromatic rings. The van der Waals surface area contributed by atoms with E-state index in [1.807, 2.05) is 51.4 Å². The summed E-state index contributed by atoms with van der Waals surface area (Å²) in [4.78, 5) is 20.4. The van der Waals surface area contributed by atoms with E-state index in [2.05, 4.69) is 21.4 Å². The molecule has 1 fully saturated rings. The number of nitrogens with zero attached hydrogens (tertiary/aromatic N) is 4. The Morgan fingerprint density at radius 1 is 1.11 bits per heavy atom. The number of ether oxygens (including phenoxy) is 1. The number of aromatic nitrogens is 3. The summed E-state index contributed by atoms with van der Waals surface area (Å²) in [6, 6.07) is 10.3. The van der Waals surface area contributed by atoms with Crippen LogP contribution in [0.4, 0.5) is 0 Å². The SMILES string of the molecule is CC(C)Oc1ccc2c(n1)CCN(CCC1CCC(NC(=O)c3cccc4nn(C)cc34)CC1)CC2. The number of hydrogen-bond acceptors (Lipinski definition) is 5. The minimum Gasteiger partial charge on any atom is -0.475 e. The van der Waals surface area contributed by atoms with Crippen LogP contribution in [0.15, 0.2) is 36.5 Å². The molecular weight excluding hydrogens is 450 g/mol. The van der Waals surface area contributed by atoms with Gasteiger partial charge in [0.05, 0.1) is 17.2 Å². The van der Waals surface area contributed by atoms with E-state index in [1.54, 1.807) is 4.68 Å². The molecule has 0 bridgehead atoms. The molecule has 1 N–H and O–H groups in total. The maximum atomic E-state index is 13.0. The number of amides is 1. The zero-order valence-corrected chi connectivity index (χ0v) is 21.9. The third-order valence-corrected chi connectivity index (χ3v) is 7.71. The van der Waals surface area contributed by atoms with E-state index in [1.165, 1.54) is 30.5 Å². The van der Waals surface area contributed by atoms with Crippen molar-refractivity contribution in [3.05, 3.63) is 53.3 Å². The summed E-state index contributed by atoms with van der Waals surface area (Å²) in [6.45, 7) is 7.40. The van der Waals surface area contributed by atoms with Gasteiger partial charge in [0, 0.05) is 55.9 Å². The van der Waals surface area contributed by atoms with Gasteiger partial charge in [-0.1, -0.05) is 12.1 Å². The smallest absolute Gasteiger partial charge is 0.252 e. The minimum absolute atomic E-state index is 0.0248. The van der Waals surface area contributed by atoms with Crippen molar-refractivity contribution in [1.29, 1.82) is 0 Å². The van der Waals surface area contributed by atoms with E-state index in [0.29, 0.717) is 0 Å². The molecule has 0 atom stereocenters. The molecule has 1 aromatic carbocycles. The van der Waals surface area contributed by atoms with Gasteiger partial charge in [0.25, 0.3) is 5.91 Å². The molecule has 1 amide bonds. The maximum absolute atomic E-state index is 13.0. The van der Waals surface area contributed by atoms with Crippen molar-refractivity contribution in [3.63, 3.8) is 0 Å². The first kappa shape index (κ1) is 24.8. The van der Waals surface area contributed by atoms with E-state index in [-0.39, 0.29) is 18.1 Å². The lowest BCUT2D eigenvalue weighted by atomic mass is 9.84. The van der Waals surface area contributed by atoms with Crippen LogP contribution in [0.25, 0.3) is 10.9 Å². The van der Waals surface area contributed by atoms with Gasteiger partial charge in [-0.25, -0.2) is 4.98 Å². The number of carbonyl (C=O) groups excluding carboxylic acids is 1. The summed E-state index contributed by atoms with van der Waals surface area (Å²) >= 11 is 0. The summed E-state index contributed by atoms with van der Waals surface area (Å²) in [7, 11) is 1.89. The van der Waals surface area contributed by atoms with Crippen LogP contribution in [0.1, 0.15) is 67.6 Å². The minimum atomic E-state index is 0.0248. The van der Waals surface area contributed by atoms with Crippen LogP contribution < -0.4 is 10.1 Å². The fraction of sp³-hybridized carbons (Fsp3) is 0.552. The van der Waals surface area contributed by atoms with Crippen LogP contribution in [-0.4, -0.2) is 57.4 Å². The molecule has 3 heterocycles. The van der Waals surface area contributed by atoms with Gasteiger partial charge in [-0.2, -0.15) is 5.10 Å². The molecule has 7 heteroatoms. The van der Waals surface area contributed by atoms with Gasteiger partial charge < -0.3 is 15.0 Å². The van der Waals surface area contributed by atoms with Gasteiger partial charge in [-0.15, -0.1) is 0 Å². The van der Waals surface area contributed by atoms with Gasteiger partial charge in [-0.3, -0.25) is 9.48 Å². The summed E-state index contributed by atoms with van der Waals surface area (Å²) in [6.07, 6.45) is 9.87. The molecule has 2 aromatic heterocycles. The first-order chi connectivity index (χ1) is 17.4. The van der Waals surface area contributed by atoms with Crippen LogP contribution >= 0.6 is 0 Å². The van der Waals surface area contributed by atoms with Crippen molar-refractivity contribution in [3.8, 4) is 5.88 Å². The van der Waals surface area contributed by atoms with E-state index >= 15 is 0 Å². The standard InChI is InChI=1S/C29H39N5O2/c1-20(2)36-28-12-9-22-14-17-34(18-15-26(22)31-28)16-13-21-7-10-23(11-8-21)30-29(35)24-5-4-6-27-25(24)19-33(3)32-27/h4-6,9,12,19-21,23H,7-8,10-11,13-18H2,1-3H3,(H,30,35). The van der Waals surface area contributed by atoms with Crippen molar-refractivity contribution < 1.29 is 9.53 Å². The lowest BCUT2D eigenvalue weighted by molar-refractivity contribution is 0.0921. The highest BCUT2D eigenvalue weighted by atomic mass is 16.5. The van der Waals surface area contributed by atoms with Crippen molar-refractivity contribution in [2.75, 3.05) is 19.6 Å². The van der Waals surface area contributed by atoms with E-state index in [9.17, 15) is 4.79 Å². The monoisotopic (exact) mass is 489 g/mol. The number of rotatable bonds is 7. The highest BCUT2D eigenvalue weighted by Gasteiger charge is 2.24. The van der Waals surface area contributed by atoms with Crippen LogP contribution in [0.5, 0.6) is 5.88 Å². The lowest BCUT2D eigenvalue weighted by Crippen LogP contribution is -2.38. The summed E-state index contributed by atoms with van der Waals surface area (Å²) in [5.41, 5.74) is 4.16. The molecule has 0 unspecified atom stereocenters. The lowest BCUT2D eigenvalue weighted by Gasteiger charge is -2.30. The van der Waals surface area contributed by atoms with E-state index < -0.39 is 0 Å². The Bertz CT molecular complexity index is 1200. The molecule has 0 spiro atoms. The van der Waals surface area contributed by atoms with E-state index in [0.717, 1.165) is 73.6 Å². The third-order valence-electron chi connectivity index (χ3n) is 7.71. The second kappa shape index (κ2) is 11.0. The van der Waals surface area contributed by atoms with Gasteiger partial charge in [0.2, 0.25) is 5.88 Å². The predicted octanol–water partition coefficient (Wildman–Crippen LogP) is 4.54. The molecular formula is C29H39N5O2. The van der Waals surface area contributed by atoms with Crippen LogP contribution in [-0.2, 0) is 19.9 Å². The van der Waals surface area contributed by atoms with E-state index in [4.69, 9.17) is 9.72 Å². The quantitative estimate of drug-likeness (QED) is 0.528. The van der Waals surface area contributed by atoms with Crippen molar-refractivity contribution >= 4 is 16.8 Å². The number of benzene rings is 1. The number of aryl methyl sites for hydroxylation is 1. The fourth-order valence-corrected chi connectivity index (χ4v) is 5.72. The Kier molecular flexibility index (Phi) is 7.56. The average molecular weight is 490 g/mol. The average Bonchev–Trinajstić information content (AvgIpc) is 3.13. The summed E-state index contributed by atoms with van der Waals surface area (Å²) in [5, 5.41) is 8.64. The van der Waals surface area contributed by atoms with Gasteiger partial charge in [0.1, 0.15) is 0 Å². The summed E-state index contributed by atoms with van der Waals surface area (Å²) in [5.74, 6) is 1.52. The topological polar surface area (TPSA) is 72.3 Å². The predicted molar refractivity (Wildman–Crippen MR) is 142 cm³/mol. The Hall–Kier alpha value is -2.93. The Morgan fingerprint density at radius 2 is 1.92 bits per heavy atom. The molecule has 2 aliphatic rings. The number of carbonyl (C=O) groups is 1. The first-order valence-electron chi connectivity index (χ1n) is 13.6. The molecule has 1 saturated carbocycles. The highest BCUT2D eigenvalue weighted by Crippen LogP contribution is 2.28. The molecule has 192 valence electrons. The zero-order valence-electron chi connectivity index (χ0n) is 21.9. The number of fused-ring (bicyclic) bond motifs is 2. The Morgan fingerprint density at radius 3 is 2.72 bits per heavy atom. The number of hydrogen-bond donors (Lipinski definition) is 1. The normalized spacial score (nSPS) is 20.8. The molecule has 0 saturated heterocycles. The second-order valence-electron chi connectivity index (χ2n) is 10.8. The molecule has 1 aliphatic carbocycles. The maximum Gasteiger partial charge on any atom is 0.252 e. The van der Waals surface area contributed by atoms with Gasteiger partial charge in [0.15, 0.2) is 0 Å². The molecule has 7 nitrogen and oxygen atoms in total. The largest absolute Gasteiger partial charge is 0.475 e. The Labute approximate surface area is 214 Å².